The summed E-state index contributed by atoms with van der Waals surface area (Å²) in [6.07, 6.45) is 9.17. The molecule has 10 rings (SSSR count). The second kappa shape index (κ2) is 39.9. The van der Waals surface area contributed by atoms with Crippen LogP contribution in [-0.2, 0) is 29.1 Å². The van der Waals surface area contributed by atoms with Crippen molar-refractivity contribution in [2.24, 2.45) is 5.84 Å². The van der Waals surface area contributed by atoms with Crippen molar-refractivity contribution < 1.29 is 68.8 Å². The molecule has 6 aromatic heterocycles. The van der Waals surface area contributed by atoms with Gasteiger partial charge in [-0.15, -0.1) is 0 Å². The van der Waals surface area contributed by atoms with Gasteiger partial charge in [0.15, 0.2) is 5.78 Å². The van der Waals surface area contributed by atoms with Gasteiger partial charge in [-0.1, -0.05) is 128 Å². The Bertz CT molecular complexity index is 3790. The molecule has 0 spiro atoms. The maximum absolute atomic E-state index is 11.9. The van der Waals surface area contributed by atoms with Crippen molar-refractivity contribution >= 4 is 68.4 Å². The number of benzene rings is 4. The zero-order valence-corrected chi connectivity index (χ0v) is 53.9. The van der Waals surface area contributed by atoms with E-state index in [-0.39, 0.29) is 58.8 Å². The Morgan fingerprint density at radius 3 is 1.33 bits per heavy atom. The third-order valence-electron chi connectivity index (χ3n) is 12.0. The summed E-state index contributed by atoms with van der Waals surface area (Å²) in [7, 11) is 2.70. The molecule has 6 heterocycles. The second-order valence-electron chi connectivity index (χ2n) is 17.7. The molecule has 0 atom stereocenters. The molecular formula is C64H69BrN15NaO8. The molecule has 456 valence electrons. The smallest absolute Gasteiger partial charge is 0.870 e. The molecule has 0 aliphatic carbocycles. The predicted molar refractivity (Wildman–Crippen MR) is 342 cm³/mol. The number of nitriles is 1. The molecule has 23 nitrogen and oxygen atoms in total. The van der Waals surface area contributed by atoms with E-state index in [1.165, 1.54) is 38.9 Å². The van der Waals surface area contributed by atoms with Crippen LogP contribution in [0.3, 0.4) is 0 Å². The first-order valence-corrected chi connectivity index (χ1v) is 28.0. The first kappa shape index (κ1) is 73.5. The molecule has 0 saturated heterocycles. The van der Waals surface area contributed by atoms with Crippen LogP contribution in [0, 0.1) is 11.3 Å². The number of ether oxygens (including phenoxy) is 2. The Morgan fingerprint density at radius 2 is 0.944 bits per heavy atom. The second-order valence-corrected chi connectivity index (χ2v) is 18.6. The minimum absolute atomic E-state index is 0. The fourth-order valence-electron chi connectivity index (χ4n) is 7.64. The van der Waals surface area contributed by atoms with Gasteiger partial charge in [-0.25, -0.2) is 28.4 Å². The number of carboxylic acids is 1. The van der Waals surface area contributed by atoms with Crippen LogP contribution < -0.4 is 57.2 Å². The van der Waals surface area contributed by atoms with Crippen LogP contribution in [-0.4, -0.2) is 99.3 Å². The molecule has 0 amide bonds. The normalized spacial score (nSPS) is 9.70. The number of esters is 2. The summed E-state index contributed by atoms with van der Waals surface area (Å²) in [6, 6.07) is 50.9. The molecule has 10 aromatic rings. The number of rotatable bonds is 16. The number of halogens is 1. The summed E-state index contributed by atoms with van der Waals surface area (Å²) < 4.78 is 15.4. The van der Waals surface area contributed by atoms with E-state index >= 15 is 0 Å². The van der Waals surface area contributed by atoms with Crippen LogP contribution in [0.5, 0.6) is 0 Å². The molecule has 4 aromatic carbocycles. The van der Waals surface area contributed by atoms with Gasteiger partial charge in [0.05, 0.1) is 88.7 Å². The van der Waals surface area contributed by atoms with E-state index in [1.54, 1.807) is 64.4 Å². The number of pyridine rings is 3. The third kappa shape index (κ3) is 22.8. The molecule has 0 fully saturated rings. The molecule has 89 heavy (non-hydrogen) atoms. The minimum atomic E-state index is -0.999. The van der Waals surface area contributed by atoms with E-state index in [0.717, 1.165) is 58.5 Å². The monoisotopic (exact) mass is 1280 g/mol. The Labute approximate surface area is 546 Å². The quantitative estimate of drug-likeness (QED) is 0.0173. The Kier molecular flexibility index (Phi) is 33.0. The fraction of sp³-hybridized carbons (Fsp3) is 0.172. The van der Waals surface area contributed by atoms with E-state index in [9.17, 15) is 24.3 Å². The molecule has 0 radical (unpaired) electrons. The number of ketones is 1. The SMILES string of the molecule is CCNN.CCn1nc(-c2ccccc2)cc1N.CCn1nc(-c2ccccc2)cc1Nc1cnccc1C(=O)O.CCn1nc(-c2ccccc2)cc1Nc1cnccc1C(=O)OC.COC(=O)c1ccncc1Br.N#CCC(=O)c1ccccc1.[Na+].[OH-]. The Balaban J connectivity index is 0.000000295. The van der Waals surface area contributed by atoms with Gasteiger partial charge < -0.3 is 36.4 Å². The first-order valence-electron chi connectivity index (χ1n) is 27.2. The van der Waals surface area contributed by atoms with Gasteiger partial charge in [-0.05, 0) is 54.9 Å². The van der Waals surface area contributed by atoms with Crippen LogP contribution in [0.15, 0.2) is 199 Å². The number of anilines is 5. The number of methoxy groups -OCH3 is 2. The topological polar surface area (TPSA) is 341 Å². The number of aromatic carboxylic acids is 1. The van der Waals surface area contributed by atoms with Gasteiger partial charge in [0.2, 0.25) is 0 Å². The molecule has 0 saturated carbocycles. The van der Waals surface area contributed by atoms with Gasteiger partial charge in [0.25, 0.3) is 0 Å². The molecule has 0 aliphatic heterocycles. The average molecular weight is 1280 g/mol. The number of nitrogen functional groups attached to an aromatic ring is 1. The number of aryl methyl sites for hydroxylation is 3. The number of carbonyl (C=O) groups is 4. The minimum Gasteiger partial charge on any atom is -0.870 e. The summed E-state index contributed by atoms with van der Waals surface area (Å²) in [5.74, 6) is 5.11. The van der Waals surface area contributed by atoms with Crippen LogP contribution >= 0.6 is 15.9 Å². The number of aromatic nitrogens is 9. The number of hydrogen-bond donors (Lipinski definition) is 6. The van der Waals surface area contributed by atoms with Crippen LogP contribution in [0.4, 0.5) is 28.8 Å². The van der Waals surface area contributed by atoms with Crippen molar-refractivity contribution in [2.45, 2.75) is 53.8 Å². The van der Waals surface area contributed by atoms with Gasteiger partial charge in [0, 0.05) is 91.4 Å². The van der Waals surface area contributed by atoms with Crippen LogP contribution in [0.25, 0.3) is 33.8 Å². The summed E-state index contributed by atoms with van der Waals surface area (Å²) in [5, 5.41) is 37.4. The van der Waals surface area contributed by atoms with Crippen molar-refractivity contribution in [3.63, 3.8) is 0 Å². The van der Waals surface area contributed by atoms with E-state index < -0.39 is 11.9 Å². The predicted octanol–water partition coefficient (Wildman–Crippen LogP) is 8.76. The maximum atomic E-state index is 11.9. The number of Topliss-reactive ketones (excluding diaryl/α,β-unsaturated/α-hetero) is 1. The van der Waals surface area contributed by atoms with Gasteiger partial charge in [0.1, 0.15) is 17.5 Å². The number of hydrazine groups is 1. The van der Waals surface area contributed by atoms with Crippen molar-refractivity contribution in [2.75, 3.05) is 37.1 Å². The van der Waals surface area contributed by atoms with Gasteiger partial charge >= 0.3 is 47.5 Å². The van der Waals surface area contributed by atoms with E-state index in [4.69, 9.17) is 21.6 Å². The Morgan fingerprint density at radius 1 is 0.573 bits per heavy atom. The van der Waals surface area contributed by atoms with Crippen LogP contribution in [0.2, 0.25) is 0 Å². The number of nitrogens with one attached hydrogen (secondary N) is 3. The number of carboxylic acid groups (broad SMARTS) is 1. The number of carbonyl (C=O) groups excluding carboxylic acids is 3. The molecule has 9 N–H and O–H groups in total. The van der Waals surface area contributed by atoms with Crippen molar-refractivity contribution in [1.82, 2.24) is 49.7 Å². The molecular weight excluding hydrogens is 1210 g/mol. The summed E-state index contributed by atoms with van der Waals surface area (Å²) in [5.41, 5.74) is 16.7. The van der Waals surface area contributed by atoms with Gasteiger partial charge in [-0.3, -0.25) is 31.0 Å². The average Bonchev–Trinajstić information content (AvgIpc) is 3.43. The van der Waals surface area contributed by atoms with Crippen LogP contribution in [0.1, 0.15) is 75.5 Å². The zero-order valence-electron chi connectivity index (χ0n) is 50.4. The van der Waals surface area contributed by atoms with Crippen molar-refractivity contribution in [1.29, 1.82) is 5.26 Å². The summed E-state index contributed by atoms with van der Waals surface area (Å²) >= 11 is 3.17. The third-order valence-corrected chi connectivity index (χ3v) is 12.6. The molecule has 0 unspecified atom stereocenters. The fourth-order valence-corrected chi connectivity index (χ4v) is 8.05. The Hall–Kier alpha value is -9.71. The number of nitrogens with two attached hydrogens (primary N) is 2. The molecule has 0 aliphatic rings. The van der Waals surface area contributed by atoms with E-state index in [0.29, 0.717) is 51.4 Å². The van der Waals surface area contributed by atoms with Crippen molar-refractivity contribution in [3.8, 4) is 39.8 Å². The maximum Gasteiger partial charge on any atom is 1.00 e. The number of hydrogen-bond acceptors (Lipinski definition) is 19. The van der Waals surface area contributed by atoms with E-state index in [1.807, 2.05) is 154 Å². The summed E-state index contributed by atoms with van der Waals surface area (Å²) in [4.78, 5) is 57.0. The first-order chi connectivity index (χ1) is 42.2. The molecule has 25 heteroatoms. The standard InChI is InChI=1S/C18H18N4O2.C17H16N4O2.C11H13N3.C9H7NO.C7H6BrNO2.C2H8N2.Na.H2O/c1-3-22-17(11-15(21-22)13-7-5-4-6-8-13)20-16-12-19-10-9-14(16)18(23)24-2;1-2-21-16(10-14(20-21)12-6-4-3-5-7-12)19-15-11-18-9-8-13(15)17(22)23;1-2-14-11(12)8-10(13-14)9-6-4-3-5-7-9;10-7-6-9(11)8-4-2-1-3-5-8;1-11-7(10)5-2-3-9-4-6(5)8;1-2-4-3;;/h4-12,20H,3H2,1-2H3;3-11,19H,2H2,1H3,(H,22,23);3-8H,2,12H2,1H3;1-5H,6H2;2-4H,1H3;4H,2-3H2,1H3;;1H2/q;;;;;;+1;/p-1. The summed E-state index contributed by atoms with van der Waals surface area (Å²) in [6.45, 7) is 11.0. The van der Waals surface area contributed by atoms with Crippen molar-refractivity contribution in [3.05, 3.63) is 222 Å². The molecule has 0 bridgehead atoms. The van der Waals surface area contributed by atoms with Gasteiger partial charge in [-0.2, -0.15) is 20.6 Å². The largest absolute Gasteiger partial charge is 1.00 e. The zero-order chi connectivity index (χ0) is 62.9. The number of nitrogens with zero attached hydrogens (tertiary/aromatic N) is 10. The van der Waals surface area contributed by atoms with E-state index in [2.05, 4.69) is 67.0 Å².